The third-order valence-electron chi connectivity index (χ3n) is 1.95. The molecule has 0 aliphatic carbocycles. The Labute approximate surface area is 108 Å². The van der Waals surface area contributed by atoms with Crippen LogP contribution in [0.25, 0.3) is 0 Å². The number of carbonyl (C=O) groups excluding carboxylic acids is 1. The van der Waals surface area contributed by atoms with Crippen LogP contribution in [0.2, 0.25) is 0 Å². The van der Waals surface area contributed by atoms with Gasteiger partial charge in [0.15, 0.2) is 0 Å². The fourth-order valence-corrected chi connectivity index (χ4v) is 1.58. The van der Waals surface area contributed by atoms with Gasteiger partial charge in [-0.1, -0.05) is 15.9 Å². The zero-order chi connectivity index (χ0) is 11.4. The molecular weight excluding hydrogens is 300 g/mol. The Balaban J connectivity index is 0.00000225. The summed E-state index contributed by atoms with van der Waals surface area (Å²) in [6.45, 7) is 0. The van der Waals surface area contributed by atoms with E-state index in [0.717, 1.165) is 4.47 Å². The number of ether oxygens (including phenoxy) is 1. The van der Waals surface area contributed by atoms with Crippen molar-refractivity contribution in [3.8, 4) is 0 Å². The van der Waals surface area contributed by atoms with E-state index < -0.39 is 12.0 Å². The van der Waals surface area contributed by atoms with Crippen LogP contribution in [-0.4, -0.2) is 19.1 Å². The Kier molecular flexibility index (Phi) is 6.55. The average Bonchev–Trinajstić information content (AvgIpc) is 2.22. The number of benzene rings is 1. The lowest BCUT2D eigenvalue weighted by Gasteiger charge is -2.09. The molecule has 0 radical (unpaired) electrons. The first-order valence-electron chi connectivity index (χ1n) is 4.32. The summed E-state index contributed by atoms with van der Waals surface area (Å²) < 4.78 is 18.5. The molecule has 1 rings (SSSR count). The molecule has 0 amide bonds. The Hall–Kier alpha value is -0.650. The van der Waals surface area contributed by atoms with E-state index in [2.05, 4.69) is 20.7 Å². The van der Waals surface area contributed by atoms with Gasteiger partial charge in [0.05, 0.1) is 7.11 Å². The van der Waals surface area contributed by atoms with Crippen molar-refractivity contribution >= 4 is 34.3 Å². The van der Waals surface area contributed by atoms with E-state index in [1.54, 1.807) is 12.1 Å². The second-order valence-corrected chi connectivity index (χ2v) is 3.99. The maximum absolute atomic E-state index is 13.3. The minimum Gasteiger partial charge on any atom is -0.468 e. The van der Waals surface area contributed by atoms with Crippen molar-refractivity contribution in [3.05, 3.63) is 34.1 Å². The molecule has 1 atom stereocenters. The molecular formula is C10H12BrClFNO2. The average molecular weight is 313 g/mol. The fraction of sp³-hybridized carbons (Fsp3) is 0.300. The van der Waals surface area contributed by atoms with Gasteiger partial charge >= 0.3 is 5.97 Å². The van der Waals surface area contributed by atoms with Gasteiger partial charge in [0.25, 0.3) is 0 Å². The Morgan fingerprint density at radius 3 is 2.81 bits per heavy atom. The van der Waals surface area contributed by atoms with Crippen molar-refractivity contribution in [1.29, 1.82) is 0 Å². The second kappa shape index (κ2) is 6.83. The highest BCUT2D eigenvalue weighted by molar-refractivity contribution is 9.10. The molecule has 16 heavy (non-hydrogen) atoms. The van der Waals surface area contributed by atoms with Gasteiger partial charge in [0.2, 0.25) is 0 Å². The Morgan fingerprint density at radius 2 is 2.25 bits per heavy atom. The van der Waals surface area contributed by atoms with Crippen molar-refractivity contribution in [2.24, 2.45) is 5.73 Å². The molecule has 0 heterocycles. The summed E-state index contributed by atoms with van der Waals surface area (Å²) in [5.74, 6) is -0.924. The molecule has 6 heteroatoms. The number of esters is 1. The van der Waals surface area contributed by atoms with Crippen molar-refractivity contribution in [2.75, 3.05) is 7.11 Å². The van der Waals surface area contributed by atoms with E-state index in [4.69, 9.17) is 5.73 Å². The highest BCUT2D eigenvalue weighted by atomic mass is 79.9. The first-order chi connectivity index (χ1) is 7.04. The summed E-state index contributed by atoms with van der Waals surface area (Å²) >= 11 is 3.22. The monoisotopic (exact) mass is 311 g/mol. The van der Waals surface area contributed by atoms with Gasteiger partial charge in [-0.15, -0.1) is 12.4 Å². The molecule has 3 nitrogen and oxygen atoms in total. The van der Waals surface area contributed by atoms with Gasteiger partial charge in [-0.3, -0.25) is 4.79 Å². The molecule has 0 bridgehead atoms. The van der Waals surface area contributed by atoms with Gasteiger partial charge in [-0.05, 0) is 23.8 Å². The molecule has 0 aliphatic heterocycles. The predicted octanol–water partition coefficient (Wildman–Crippen LogP) is 2.05. The first kappa shape index (κ1) is 15.3. The third kappa shape index (κ3) is 4.08. The van der Waals surface area contributed by atoms with Crippen molar-refractivity contribution in [1.82, 2.24) is 0 Å². The molecule has 1 aromatic rings. The van der Waals surface area contributed by atoms with Crippen LogP contribution in [0.15, 0.2) is 22.7 Å². The number of hydrogen-bond acceptors (Lipinski definition) is 3. The lowest BCUT2D eigenvalue weighted by atomic mass is 10.1. The number of methoxy groups -OCH3 is 1. The van der Waals surface area contributed by atoms with E-state index in [1.807, 2.05) is 0 Å². The molecule has 0 aliphatic rings. The zero-order valence-electron chi connectivity index (χ0n) is 8.57. The molecule has 0 saturated heterocycles. The van der Waals surface area contributed by atoms with Crippen LogP contribution in [-0.2, 0) is 16.0 Å². The lowest BCUT2D eigenvalue weighted by Crippen LogP contribution is -2.33. The van der Waals surface area contributed by atoms with E-state index in [9.17, 15) is 9.18 Å². The first-order valence-corrected chi connectivity index (χ1v) is 5.11. The molecule has 0 saturated carbocycles. The predicted molar refractivity (Wildman–Crippen MR) is 65.0 cm³/mol. The highest BCUT2D eigenvalue weighted by Gasteiger charge is 2.16. The normalized spacial score (nSPS) is 11.5. The van der Waals surface area contributed by atoms with Crippen molar-refractivity contribution in [3.63, 3.8) is 0 Å². The van der Waals surface area contributed by atoms with Gasteiger partial charge in [-0.2, -0.15) is 0 Å². The quantitative estimate of drug-likeness (QED) is 0.869. The molecule has 0 unspecified atom stereocenters. The van der Waals surface area contributed by atoms with Crippen LogP contribution >= 0.6 is 28.3 Å². The van der Waals surface area contributed by atoms with E-state index >= 15 is 0 Å². The van der Waals surface area contributed by atoms with Crippen LogP contribution in [0.1, 0.15) is 5.56 Å². The number of nitrogens with two attached hydrogens (primary N) is 1. The van der Waals surface area contributed by atoms with Gasteiger partial charge in [0.1, 0.15) is 11.9 Å². The molecule has 0 spiro atoms. The van der Waals surface area contributed by atoms with Crippen molar-refractivity contribution in [2.45, 2.75) is 12.5 Å². The summed E-state index contributed by atoms with van der Waals surface area (Å²) in [5, 5.41) is 0. The maximum Gasteiger partial charge on any atom is 0.322 e. The summed E-state index contributed by atoms with van der Waals surface area (Å²) in [4.78, 5) is 11.0. The van der Waals surface area contributed by atoms with Crippen LogP contribution in [0, 0.1) is 5.82 Å². The zero-order valence-corrected chi connectivity index (χ0v) is 11.0. The highest BCUT2D eigenvalue weighted by Crippen LogP contribution is 2.16. The van der Waals surface area contributed by atoms with Gasteiger partial charge in [0, 0.05) is 10.9 Å². The van der Waals surface area contributed by atoms with Crippen LogP contribution in [0.3, 0.4) is 0 Å². The summed E-state index contributed by atoms with van der Waals surface area (Å²) in [6.07, 6.45) is 0.123. The molecule has 0 aromatic heterocycles. The van der Waals surface area contributed by atoms with Gasteiger partial charge in [-0.25, -0.2) is 4.39 Å². The van der Waals surface area contributed by atoms with Gasteiger partial charge < -0.3 is 10.5 Å². The molecule has 0 fully saturated rings. The summed E-state index contributed by atoms with van der Waals surface area (Å²) in [5.41, 5.74) is 5.91. The second-order valence-electron chi connectivity index (χ2n) is 3.07. The number of halogens is 3. The summed E-state index contributed by atoms with van der Waals surface area (Å²) in [7, 11) is 1.25. The Morgan fingerprint density at radius 1 is 1.62 bits per heavy atom. The number of rotatable bonds is 3. The maximum atomic E-state index is 13.3. The van der Waals surface area contributed by atoms with Crippen LogP contribution < -0.4 is 5.73 Å². The fourth-order valence-electron chi connectivity index (χ4n) is 1.17. The Bertz CT molecular complexity index is 376. The van der Waals surface area contributed by atoms with E-state index in [-0.39, 0.29) is 24.6 Å². The van der Waals surface area contributed by atoms with E-state index in [1.165, 1.54) is 13.2 Å². The molecule has 2 N–H and O–H groups in total. The van der Waals surface area contributed by atoms with E-state index in [0.29, 0.717) is 5.56 Å². The SMILES string of the molecule is COC(=O)[C@@H](N)Cc1cc(Br)ccc1F.Cl. The molecule has 1 aromatic carbocycles. The number of carbonyl (C=O) groups is 1. The minimum atomic E-state index is -0.834. The smallest absolute Gasteiger partial charge is 0.322 e. The third-order valence-corrected chi connectivity index (χ3v) is 2.44. The topological polar surface area (TPSA) is 52.3 Å². The van der Waals surface area contributed by atoms with Crippen LogP contribution in [0.4, 0.5) is 4.39 Å². The van der Waals surface area contributed by atoms with Crippen molar-refractivity contribution < 1.29 is 13.9 Å². The minimum absolute atomic E-state index is 0. The number of hydrogen-bond donors (Lipinski definition) is 1. The molecule has 90 valence electrons. The van der Waals surface area contributed by atoms with Crippen LogP contribution in [0.5, 0.6) is 0 Å². The standard InChI is InChI=1S/C10H11BrFNO2.ClH/c1-15-10(14)9(13)5-6-4-7(11)2-3-8(6)12;/h2-4,9H,5,13H2,1H3;1H/t9-;/m0./s1. The summed E-state index contributed by atoms with van der Waals surface area (Å²) in [6, 6.07) is 3.67. The lowest BCUT2D eigenvalue weighted by molar-refractivity contribution is -0.142. The largest absolute Gasteiger partial charge is 0.468 e.